The lowest BCUT2D eigenvalue weighted by molar-refractivity contribution is 0.0719. The third-order valence-electron chi connectivity index (χ3n) is 4.22. The van der Waals surface area contributed by atoms with Crippen LogP contribution < -0.4 is 5.32 Å². The smallest absolute Gasteiger partial charge is 0.127 e. The van der Waals surface area contributed by atoms with E-state index in [0.29, 0.717) is 23.2 Å². The van der Waals surface area contributed by atoms with E-state index in [9.17, 15) is 4.39 Å². The Morgan fingerprint density at radius 3 is 2.78 bits per heavy atom. The van der Waals surface area contributed by atoms with Gasteiger partial charge in [-0.2, -0.15) is 0 Å². The van der Waals surface area contributed by atoms with Gasteiger partial charge in [-0.25, -0.2) is 4.39 Å². The number of hydrogen-bond acceptors (Lipinski definition) is 2. The van der Waals surface area contributed by atoms with Crippen LogP contribution in [0.5, 0.6) is 0 Å². The predicted octanol–water partition coefficient (Wildman–Crippen LogP) is 2.66. The van der Waals surface area contributed by atoms with Gasteiger partial charge in [-0.15, -0.1) is 0 Å². The summed E-state index contributed by atoms with van der Waals surface area (Å²) < 4.78 is 13.6. The standard InChI is InChI=1S/C14H18ClFN2/c15-12-1-2-13(16)11(7-12)8-17-14-9-18-5-3-10(14)4-6-18/h1-2,7,10,14,17H,3-6,8-9H2. The molecule has 3 aliphatic heterocycles. The molecule has 1 atom stereocenters. The summed E-state index contributed by atoms with van der Waals surface area (Å²) in [6, 6.07) is 5.25. The van der Waals surface area contributed by atoms with E-state index < -0.39 is 0 Å². The highest BCUT2D eigenvalue weighted by Crippen LogP contribution is 2.27. The lowest BCUT2D eigenvalue weighted by Gasteiger charge is -2.45. The molecule has 0 aliphatic carbocycles. The fourth-order valence-electron chi connectivity index (χ4n) is 3.12. The maximum atomic E-state index is 13.6. The molecule has 3 aliphatic rings. The van der Waals surface area contributed by atoms with Gasteiger partial charge in [-0.1, -0.05) is 11.6 Å². The van der Waals surface area contributed by atoms with Crippen molar-refractivity contribution in [1.82, 2.24) is 10.2 Å². The van der Waals surface area contributed by atoms with E-state index in [2.05, 4.69) is 10.2 Å². The van der Waals surface area contributed by atoms with E-state index in [1.54, 1.807) is 12.1 Å². The molecule has 0 aromatic heterocycles. The number of fused-ring (bicyclic) bond motifs is 3. The highest BCUT2D eigenvalue weighted by Gasteiger charge is 2.33. The normalized spacial score (nSPS) is 30.7. The largest absolute Gasteiger partial charge is 0.308 e. The van der Waals surface area contributed by atoms with Crippen molar-refractivity contribution >= 4 is 11.6 Å². The van der Waals surface area contributed by atoms with Crippen LogP contribution in [-0.4, -0.2) is 30.6 Å². The molecule has 18 heavy (non-hydrogen) atoms. The highest BCUT2D eigenvalue weighted by molar-refractivity contribution is 6.30. The Morgan fingerprint density at radius 2 is 2.11 bits per heavy atom. The maximum absolute atomic E-state index is 13.6. The molecule has 4 rings (SSSR count). The van der Waals surface area contributed by atoms with Crippen molar-refractivity contribution < 1.29 is 4.39 Å². The maximum Gasteiger partial charge on any atom is 0.127 e. The molecular weight excluding hydrogens is 251 g/mol. The van der Waals surface area contributed by atoms with Crippen LogP contribution >= 0.6 is 11.6 Å². The highest BCUT2D eigenvalue weighted by atomic mass is 35.5. The minimum atomic E-state index is -0.173. The summed E-state index contributed by atoms with van der Waals surface area (Å²) in [7, 11) is 0. The monoisotopic (exact) mass is 268 g/mol. The van der Waals surface area contributed by atoms with Gasteiger partial charge in [0.05, 0.1) is 0 Å². The molecule has 4 heteroatoms. The first-order valence-corrected chi connectivity index (χ1v) is 7.00. The number of rotatable bonds is 3. The van der Waals surface area contributed by atoms with Gasteiger partial charge in [0.1, 0.15) is 5.82 Å². The quantitative estimate of drug-likeness (QED) is 0.907. The molecule has 1 aromatic carbocycles. The van der Waals surface area contributed by atoms with Crippen molar-refractivity contribution in [3.05, 3.63) is 34.6 Å². The average Bonchev–Trinajstić information content (AvgIpc) is 2.41. The van der Waals surface area contributed by atoms with Crippen LogP contribution in [-0.2, 0) is 6.54 Å². The first-order chi connectivity index (χ1) is 8.72. The Balaban J connectivity index is 1.62. The molecule has 0 radical (unpaired) electrons. The van der Waals surface area contributed by atoms with Crippen molar-refractivity contribution in [3.63, 3.8) is 0 Å². The third-order valence-corrected chi connectivity index (χ3v) is 4.45. The van der Waals surface area contributed by atoms with Gasteiger partial charge in [0.25, 0.3) is 0 Å². The zero-order chi connectivity index (χ0) is 12.5. The fraction of sp³-hybridized carbons (Fsp3) is 0.571. The van der Waals surface area contributed by atoms with Crippen LogP contribution in [0.1, 0.15) is 18.4 Å². The van der Waals surface area contributed by atoms with Crippen LogP contribution in [0.3, 0.4) is 0 Å². The van der Waals surface area contributed by atoms with E-state index in [1.165, 1.54) is 32.0 Å². The topological polar surface area (TPSA) is 15.3 Å². The molecule has 2 nitrogen and oxygen atoms in total. The van der Waals surface area contributed by atoms with E-state index in [0.717, 1.165) is 12.5 Å². The van der Waals surface area contributed by atoms with Crippen LogP contribution in [0, 0.1) is 11.7 Å². The second kappa shape index (κ2) is 5.16. The molecule has 1 unspecified atom stereocenters. The Kier molecular flexibility index (Phi) is 3.55. The number of piperidine rings is 3. The van der Waals surface area contributed by atoms with Gasteiger partial charge in [-0.05, 0) is 50.0 Å². The average molecular weight is 269 g/mol. The van der Waals surface area contributed by atoms with Gasteiger partial charge in [-0.3, -0.25) is 0 Å². The van der Waals surface area contributed by atoms with Gasteiger partial charge in [0, 0.05) is 29.7 Å². The van der Waals surface area contributed by atoms with Gasteiger partial charge in [0.2, 0.25) is 0 Å². The number of hydrogen-bond donors (Lipinski definition) is 1. The van der Waals surface area contributed by atoms with E-state index in [4.69, 9.17) is 11.6 Å². The zero-order valence-electron chi connectivity index (χ0n) is 10.3. The molecule has 3 saturated heterocycles. The second-order valence-electron chi connectivity index (χ2n) is 5.36. The summed E-state index contributed by atoms with van der Waals surface area (Å²) in [4.78, 5) is 2.49. The van der Waals surface area contributed by atoms with E-state index in [-0.39, 0.29) is 5.82 Å². The molecule has 98 valence electrons. The summed E-state index contributed by atoms with van der Waals surface area (Å²) in [6.45, 7) is 4.14. The van der Waals surface area contributed by atoms with Crippen LogP contribution in [0.2, 0.25) is 5.02 Å². The Hall–Kier alpha value is -0.640. The Labute approximate surface area is 112 Å². The minimum absolute atomic E-state index is 0.173. The minimum Gasteiger partial charge on any atom is -0.308 e. The predicted molar refractivity (Wildman–Crippen MR) is 71.2 cm³/mol. The van der Waals surface area contributed by atoms with Crippen LogP contribution in [0.4, 0.5) is 4.39 Å². The summed E-state index contributed by atoms with van der Waals surface area (Å²) in [6.07, 6.45) is 2.55. The van der Waals surface area contributed by atoms with Crippen LogP contribution in [0.25, 0.3) is 0 Å². The lowest BCUT2D eigenvalue weighted by atomic mass is 9.84. The first kappa shape index (κ1) is 12.4. The lowest BCUT2D eigenvalue weighted by Crippen LogP contribution is -2.55. The first-order valence-electron chi connectivity index (χ1n) is 6.62. The van der Waals surface area contributed by atoms with Crippen molar-refractivity contribution in [2.75, 3.05) is 19.6 Å². The number of halogens is 2. The van der Waals surface area contributed by atoms with E-state index >= 15 is 0 Å². The third kappa shape index (κ3) is 2.53. The molecule has 3 fully saturated rings. The molecular formula is C14H18ClFN2. The van der Waals surface area contributed by atoms with Crippen molar-refractivity contribution in [2.45, 2.75) is 25.4 Å². The van der Waals surface area contributed by atoms with Crippen molar-refractivity contribution in [2.24, 2.45) is 5.92 Å². The van der Waals surface area contributed by atoms with Crippen molar-refractivity contribution in [1.29, 1.82) is 0 Å². The molecule has 0 amide bonds. The summed E-state index contributed by atoms with van der Waals surface area (Å²) >= 11 is 5.90. The molecule has 1 N–H and O–H groups in total. The SMILES string of the molecule is Fc1ccc(Cl)cc1CNC1CN2CCC1CC2. The zero-order valence-corrected chi connectivity index (χ0v) is 11.1. The fourth-order valence-corrected chi connectivity index (χ4v) is 3.31. The summed E-state index contributed by atoms with van der Waals surface area (Å²) in [5, 5.41) is 4.10. The van der Waals surface area contributed by atoms with E-state index in [1.807, 2.05) is 0 Å². The number of nitrogens with one attached hydrogen (secondary N) is 1. The van der Waals surface area contributed by atoms with Gasteiger partial charge >= 0.3 is 0 Å². The Morgan fingerprint density at radius 1 is 1.33 bits per heavy atom. The number of benzene rings is 1. The summed E-state index contributed by atoms with van der Waals surface area (Å²) in [5.74, 6) is 0.588. The molecule has 3 heterocycles. The Bertz CT molecular complexity index is 430. The van der Waals surface area contributed by atoms with Crippen LogP contribution in [0.15, 0.2) is 18.2 Å². The molecule has 2 bridgehead atoms. The second-order valence-corrected chi connectivity index (χ2v) is 5.80. The number of nitrogens with zero attached hydrogens (tertiary/aromatic N) is 1. The molecule has 0 spiro atoms. The van der Waals surface area contributed by atoms with Gasteiger partial charge in [0.15, 0.2) is 0 Å². The summed E-state index contributed by atoms with van der Waals surface area (Å²) in [5.41, 5.74) is 0.666. The molecule has 0 saturated carbocycles. The van der Waals surface area contributed by atoms with Crippen molar-refractivity contribution in [3.8, 4) is 0 Å². The van der Waals surface area contributed by atoms with Gasteiger partial charge < -0.3 is 10.2 Å². The molecule has 1 aromatic rings.